The summed E-state index contributed by atoms with van der Waals surface area (Å²) >= 11 is 0. The lowest BCUT2D eigenvalue weighted by molar-refractivity contribution is -0.118. The quantitative estimate of drug-likeness (QED) is 0.872. The summed E-state index contributed by atoms with van der Waals surface area (Å²) in [5.74, 6) is 0.0285. The van der Waals surface area contributed by atoms with E-state index in [1.807, 2.05) is 39.8 Å². The van der Waals surface area contributed by atoms with Gasteiger partial charge in [0.15, 0.2) is 0 Å². The van der Waals surface area contributed by atoms with Crippen molar-refractivity contribution in [2.75, 3.05) is 6.54 Å². The maximum Gasteiger partial charge on any atom is 0.216 e. The van der Waals surface area contributed by atoms with Crippen molar-refractivity contribution in [1.82, 2.24) is 5.32 Å². The highest BCUT2D eigenvalue weighted by atomic mass is 16.1. The molecule has 1 amide bonds. The average Bonchev–Trinajstić information content (AvgIpc) is 2.51. The third-order valence-electron chi connectivity index (χ3n) is 2.60. The van der Waals surface area contributed by atoms with Crippen molar-refractivity contribution < 1.29 is 4.79 Å². The van der Waals surface area contributed by atoms with Gasteiger partial charge in [0.1, 0.15) is 0 Å². The molecule has 0 heterocycles. The second-order valence-electron chi connectivity index (χ2n) is 3.91. The Balaban J connectivity index is 0.000000829. The van der Waals surface area contributed by atoms with Crippen LogP contribution >= 0.6 is 0 Å². The van der Waals surface area contributed by atoms with Gasteiger partial charge in [-0.05, 0) is 22.8 Å². The van der Waals surface area contributed by atoms with E-state index in [0.29, 0.717) is 6.54 Å². The third kappa shape index (κ3) is 6.37. The summed E-state index contributed by atoms with van der Waals surface area (Å²) < 4.78 is 0. The molecule has 2 aromatic carbocycles. The number of carbonyl (C=O) groups excluding carboxylic acids is 1. The number of benzene rings is 2. The predicted octanol–water partition coefficient (Wildman–Crippen LogP) is 4.57. The van der Waals surface area contributed by atoms with Gasteiger partial charge >= 0.3 is 0 Å². The molecule has 0 aromatic heterocycles. The van der Waals surface area contributed by atoms with Crippen molar-refractivity contribution in [2.24, 2.45) is 0 Å². The summed E-state index contributed by atoms with van der Waals surface area (Å²) in [6, 6.07) is 14.7. The SMILES string of the molecule is CC.CC.CC(=O)NCCc1ccc2ccccc2c1. The van der Waals surface area contributed by atoms with Crippen molar-refractivity contribution in [3.63, 3.8) is 0 Å². The number of hydrogen-bond acceptors (Lipinski definition) is 1. The van der Waals surface area contributed by atoms with Crippen molar-refractivity contribution >= 4 is 16.7 Å². The Morgan fingerprint density at radius 1 is 0.950 bits per heavy atom. The smallest absolute Gasteiger partial charge is 0.216 e. The first kappa shape index (κ1) is 18.2. The average molecular weight is 273 g/mol. The Kier molecular flexibility index (Phi) is 10.0. The van der Waals surface area contributed by atoms with Crippen LogP contribution in [0.1, 0.15) is 40.2 Å². The molecule has 0 aliphatic rings. The van der Waals surface area contributed by atoms with Gasteiger partial charge in [-0.25, -0.2) is 0 Å². The van der Waals surface area contributed by atoms with Gasteiger partial charge in [-0.2, -0.15) is 0 Å². The zero-order valence-electron chi connectivity index (χ0n) is 13.4. The molecule has 0 aliphatic carbocycles. The van der Waals surface area contributed by atoms with Crippen LogP contribution in [0.3, 0.4) is 0 Å². The van der Waals surface area contributed by atoms with Gasteiger partial charge in [-0.15, -0.1) is 0 Å². The first-order valence-corrected chi connectivity index (χ1v) is 7.48. The summed E-state index contributed by atoms with van der Waals surface area (Å²) in [6.45, 7) is 10.2. The molecule has 1 N–H and O–H groups in total. The topological polar surface area (TPSA) is 29.1 Å². The third-order valence-corrected chi connectivity index (χ3v) is 2.60. The van der Waals surface area contributed by atoms with Gasteiger partial charge in [-0.1, -0.05) is 70.2 Å². The molecule has 0 saturated heterocycles. The van der Waals surface area contributed by atoms with Crippen LogP contribution in [-0.4, -0.2) is 12.5 Å². The zero-order chi connectivity index (χ0) is 15.4. The summed E-state index contributed by atoms with van der Waals surface area (Å²) in [5, 5.41) is 5.31. The predicted molar refractivity (Wildman–Crippen MR) is 89.0 cm³/mol. The Hall–Kier alpha value is -1.83. The van der Waals surface area contributed by atoms with Crippen LogP contribution in [0.5, 0.6) is 0 Å². The second-order valence-corrected chi connectivity index (χ2v) is 3.91. The Bertz CT molecular complexity index is 505. The Labute approximate surface area is 123 Å². The summed E-state index contributed by atoms with van der Waals surface area (Å²) in [5.41, 5.74) is 1.26. The van der Waals surface area contributed by atoms with Gasteiger partial charge in [0.05, 0.1) is 0 Å². The van der Waals surface area contributed by atoms with E-state index in [9.17, 15) is 4.79 Å². The van der Waals surface area contributed by atoms with Crippen LogP contribution in [0.4, 0.5) is 0 Å². The lowest BCUT2D eigenvalue weighted by Crippen LogP contribution is -2.22. The summed E-state index contributed by atoms with van der Waals surface area (Å²) in [6.07, 6.45) is 0.879. The molecular formula is C18H27NO. The van der Waals surface area contributed by atoms with E-state index in [1.54, 1.807) is 6.92 Å². The van der Waals surface area contributed by atoms with E-state index >= 15 is 0 Å². The largest absolute Gasteiger partial charge is 0.356 e. The Morgan fingerprint density at radius 2 is 1.55 bits per heavy atom. The maximum atomic E-state index is 10.7. The van der Waals surface area contributed by atoms with Crippen molar-refractivity contribution in [3.05, 3.63) is 48.0 Å². The molecule has 110 valence electrons. The highest BCUT2D eigenvalue weighted by Crippen LogP contribution is 2.15. The summed E-state index contributed by atoms with van der Waals surface area (Å²) in [4.78, 5) is 10.7. The minimum Gasteiger partial charge on any atom is -0.356 e. The molecule has 2 heteroatoms. The van der Waals surface area contributed by atoms with E-state index in [1.165, 1.54) is 16.3 Å². The molecule has 20 heavy (non-hydrogen) atoms. The molecule has 2 aromatic rings. The number of amides is 1. The van der Waals surface area contributed by atoms with Crippen LogP contribution < -0.4 is 5.32 Å². The van der Waals surface area contributed by atoms with Crippen LogP contribution in [0.15, 0.2) is 42.5 Å². The normalized spacial score (nSPS) is 8.85. The van der Waals surface area contributed by atoms with Crippen LogP contribution in [0, 0.1) is 0 Å². The number of hydrogen-bond donors (Lipinski definition) is 1. The highest BCUT2D eigenvalue weighted by molar-refractivity contribution is 5.83. The van der Waals surface area contributed by atoms with Gasteiger partial charge < -0.3 is 5.32 Å². The highest BCUT2D eigenvalue weighted by Gasteiger charge is 1.97. The van der Waals surface area contributed by atoms with Crippen LogP contribution in [-0.2, 0) is 11.2 Å². The van der Waals surface area contributed by atoms with Gasteiger partial charge in [0, 0.05) is 13.5 Å². The fourth-order valence-electron chi connectivity index (χ4n) is 1.78. The van der Waals surface area contributed by atoms with Crippen molar-refractivity contribution in [3.8, 4) is 0 Å². The number of carbonyl (C=O) groups is 1. The first-order valence-electron chi connectivity index (χ1n) is 7.48. The van der Waals surface area contributed by atoms with Gasteiger partial charge in [-0.3, -0.25) is 4.79 Å². The minimum atomic E-state index is 0.0285. The molecule has 0 atom stereocenters. The van der Waals surface area contributed by atoms with Crippen molar-refractivity contribution in [2.45, 2.75) is 41.0 Å². The minimum absolute atomic E-state index is 0.0285. The van der Waals surface area contributed by atoms with E-state index in [-0.39, 0.29) is 5.91 Å². The monoisotopic (exact) mass is 273 g/mol. The molecule has 0 fully saturated rings. The Morgan fingerprint density at radius 3 is 2.15 bits per heavy atom. The zero-order valence-corrected chi connectivity index (χ0v) is 13.4. The number of fused-ring (bicyclic) bond motifs is 1. The van der Waals surface area contributed by atoms with E-state index in [4.69, 9.17) is 0 Å². The molecule has 0 radical (unpaired) electrons. The fourth-order valence-corrected chi connectivity index (χ4v) is 1.78. The molecule has 0 aliphatic heterocycles. The molecule has 2 rings (SSSR count). The standard InChI is InChI=1S/C14H15NO.2C2H6/c1-11(16)15-9-8-12-6-7-13-4-2-3-5-14(13)10-12;2*1-2/h2-7,10H,8-9H2,1H3,(H,15,16);2*1-2H3. The van der Waals surface area contributed by atoms with Gasteiger partial charge in [0.2, 0.25) is 5.91 Å². The number of rotatable bonds is 3. The molecule has 0 unspecified atom stereocenters. The maximum absolute atomic E-state index is 10.7. The van der Waals surface area contributed by atoms with E-state index in [2.05, 4.69) is 35.6 Å². The van der Waals surface area contributed by atoms with Crippen molar-refractivity contribution in [1.29, 1.82) is 0 Å². The number of nitrogens with one attached hydrogen (secondary N) is 1. The second kappa shape index (κ2) is 11.0. The molecule has 2 nitrogen and oxygen atoms in total. The van der Waals surface area contributed by atoms with Crippen LogP contribution in [0.2, 0.25) is 0 Å². The van der Waals surface area contributed by atoms with Gasteiger partial charge in [0.25, 0.3) is 0 Å². The molecular weight excluding hydrogens is 246 g/mol. The summed E-state index contributed by atoms with van der Waals surface area (Å²) in [7, 11) is 0. The molecule has 0 saturated carbocycles. The fraction of sp³-hybridized carbons (Fsp3) is 0.389. The first-order chi connectivity index (χ1) is 9.75. The van der Waals surface area contributed by atoms with E-state index in [0.717, 1.165) is 6.42 Å². The van der Waals surface area contributed by atoms with E-state index < -0.39 is 0 Å². The lowest BCUT2D eigenvalue weighted by Gasteiger charge is -2.04. The van der Waals surface area contributed by atoms with Crippen LogP contribution in [0.25, 0.3) is 10.8 Å². The molecule has 0 bridgehead atoms. The molecule has 0 spiro atoms. The lowest BCUT2D eigenvalue weighted by atomic mass is 10.1.